The van der Waals surface area contributed by atoms with Crippen LogP contribution in [0.5, 0.6) is 0 Å². The molecule has 1 aromatic carbocycles. The average Bonchev–Trinajstić information content (AvgIpc) is 3.50. The van der Waals surface area contributed by atoms with Crippen molar-refractivity contribution >= 4 is 11.9 Å². The zero-order valence-electron chi connectivity index (χ0n) is 17.9. The number of esters is 1. The maximum absolute atomic E-state index is 12.9. The number of nitrogens with zero attached hydrogens (tertiary/aromatic N) is 3. The van der Waals surface area contributed by atoms with Crippen LogP contribution in [0.1, 0.15) is 59.9 Å². The maximum atomic E-state index is 12.9. The second-order valence-electron chi connectivity index (χ2n) is 7.88. The molecule has 156 valence electrons. The van der Waals surface area contributed by atoms with Gasteiger partial charge in [-0.05, 0) is 75.3 Å². The van der Waals surface area contributed by atoms with Crippen LogP contribution in [0.25, 0.3) is 5.69 Å². The van der Waals surface area contributed by atoms with E-state index in [1.165, 1.54) is 20.0 Å². The van der Waals surface area contributed by atoms with Crippen LogP contribution in [0, 0.1) is 19.8 Å². The van der Waals surface area contributed by atoms with Crippen LogP contribution in [-0.4, -0.2) is 46.8 Å². The Morgan fingerprint density at radius 1 is 1.21 bits per heavy atom. The minimum Gasteiger partial charge on any atom is -0.469 e. The van der Waals surface area contributed by atoms with Crippen molar-refractivity contribution in [3.05, 3.63) is 46.8 Å². The molecule has 0 radical (unpaired) electrons. The van der Waals surface area contributed by atoms with E-state index in [-0.39, 0.29) is 11.9 Å². The SMILES string of the molecule is CCCN(CC1CC1)C(=O)c1ccc(-n2nc(C)c(CCC(=O)OC)c2C)cc1. The minimum absolute atomic E-state index is 0.109. The number of methoxy groups -OCH3 is 1. The molecule has 0 saturated heterocycles. The van der Waals surface area contributed by atoms with Gasteiger partial charge in [0.1, 0.15) is 0 Å². The molecule has 1 fully saturated rings. The summed E-state index contributed by atoms with van der Waals surface area (Å²) < 4.78 is 6.62. The molecule has 0 aliphatic heterocycles. The molecule has 1 saturated carbocycles. The van der Waals surface area contributed by atoms with E-state index in [0.717, 1.165) is 47.7 Å². The van der Waals surface area contributed by atoms with Gasteiger partial charge in [0.05, 0.1) is 18.5 Å². The van der Waals surface area contributed by atoms with Crippen LogP contribution >= 0.6 is 0 Å². The summed E-state index contributed by atoms with van der Waals surface area (Å²) in [5, 5.41) is 4.64. The molecule has 0 N–H and O–H groups in total. The molecule has 29 heavy (non-hydrogen) atoms. The Morgan fingerprint density at radius 3 is 2.48 bits per heavy atom. The molecule has 0 bridgehead atoms. The zero-order valence-corrected chi connectivity index (χ0v) is 17.9. The Bertz CT molecular complexity index is 866. The number of aryl methyl sites for hydroxylation is 1. The number of amides is 1. The van der Waals surface area contributed by atoms with E-state index >= 15 is 0 Å². The van der Waals surface area contributed by atoms with E-state index in [1.807, 2.05) is 47.7 Å². The van der Waals surface area contributed by atoms with Gasteiger partial charge in [-0.1, -0.05) is 6.92 Å². The van der Waals surface area contributed by atoms with Gasteiger partial charge in [0.25, 0.3) is 5.91 Å². The van der Waals surface area contributed by atoms with E-state index in [9.17, 15) is 9.59 Å². The van der Waals surface area contributed by atoms with Gasteiger partial charge < -0.3 is 9.64 Å². The van der Waals surface area contributed by atoms with Gasteiger partial charge in [-0.3, -0.25) is 9.59 Å². The first-order chi connectivity index (χ1) is 13.9. The Hall–Kier alpha value is -2.63. The molecule has 0 unspecified atom stereocenters. The first kappa shape index (κ1) is 21.1. The molecule has 1 aromatic heterocycles. The lowest BCUT2D eigenvalue weighted by Crippen LogP contribution is -2.33. The van der Waals surface area contributed by atoms with Crippen molar-refractivity contribution in [2.24, 2.45) is 5.92 Å². The smallest absolute Gasteiger partial charge is 0.305 e. The monoisotopic (exact) mass is 397 g/mol. The predicted octanol–water partition coefficient (Wildman–Crippen LogP) is 3.86. The Morgan fingerprint density at radius 2 is 1.90 bits per heavy atom. The summed E-state index contributed by atoms with van der Waals surface area (Å²) >= 11 is 0. The second kappa shape index (κ2) is 9.25. The molecule has 0 atom stereocenters. The summed E-state index contributed by atoms with van der Waals surface area (Å²) in [6.45, 7) is 7.74. The molecule has 6 heteroatoms. The summed E-state index contributed by atoms with van der Waals surface area (Å²) in [5.74, 6) is 0.572. The van der Waals surface area contributed by atoms with Gasteiger partial charge in [0.15, 0.2) is 0 Å². The number of aromatic nitrogens is 2. The van der Waals surface area contributed by atoms with Gasteiger partial charge in [-0.25, -0.2) is 4.68 Å². The normalized spacial score (nSPS) is 13.4. The van der Waals surface area contributed by atoms with Crippen molar-refractivity contribution in [2.75, 3.05) is 20.2 Å². The number of hydrogen-bond acceptors (Lipinski definition) is 4. The van der Waals surface area contributed by atoms with Gasteiger partial charge in [0.2, 0.25) is 0 Å². The lowest BCUT2D eigenvalue weighted by atomic mass is 10.1. The van der Waals surface area contributed by atoms with Crippen molar-refractivity contribution in [2.45, 2.75) is 52.9 Å². The highest BCUT2D eigenvalue weighted by Gasteiger charge is 2.27. The third-order valence-corrected chi connectivity index (χ3v) is 5.56. The molecule has 1 heterocycles. The molecule has 6 nitrogen and oxygen atoms in total. The Kier molecular flexibility index (Phi) is 6.72. The molecule has 1 amide bonds. The molecular formula is C23H31N3O3. The number of carbonyl (C=O) groups is 2. The van der Waals surface area contributed by atoms with E-state index < -0.39 is 0 Å². The lowest BCUT2D eigenvalue weighted by Gasteiger charge is -2.22. The van der Waals surface area contributed by atoms with Gasteiger partial charge in [-0.15, -0.1) is 0 Å². The predicted molar refractivity (Wildman–Crippen MR) is 112 cm³/mol. The van der Waals surface area contributed by atoms with Gasteiger partial charge in [-0.2, -0.15) is 5.10 Å². The van der Waals surface area contributed by atoms with Crippen molar-refractivity contribution in [1.82, 2.24) is 14.7 Å². The highest BCUT2D eigenvalue weighted by molar-refractivity contribution is 5.94. The zero-order chi connectivity index (χ0) is 21.0. The van der Waals surface area contributed by atoms with E-state index in [4.69, 9.17) is 4.74 Å². The summed E-state index contributed by atoms with van der Waals surface area (Å²) in [4.78, 5) is 26.4. The highest BCUT2D eigenvalue weighted by Crippen LogP contribution is 2.30. The highest BCUT2D eigenvalue weighted by atomic mass is 16.5. The fourth-order valence-corrected chi connectivity index (χ4v) is 3.70. The second-order valence-corrected chi connectivity index (χ2v) is 7.88. The van der Waals surface area contributed by atoms with Gasteiger partial charge in [0, 0.05) is 30.8 Å². The summed E-state index contributed by atoms with van der Waals surface area (Å²) in [6, 6.07) is 7.66. The topological polar surface area (TPSA) is 64.4 Å². The first-order valence-electron chi connectivity index (χ1n) is 10.5. The number of hydrogen-bond donors (Lipinski definition) is 0. The van der Waals surface area contributed by atoms with Crippen LogP contribution in [-0.2, 0) is 16.0 Å². The maximum Gasteiger partial charge on any atom is 0.305 e. The van der Waals surface area contributed by atoms with Crippen LogP contribution in [0.15, 0.2) is 24.3 Å². The van der Waals surface area contributed by atoms with E-state index in [0.29, 0.717) is 18.8 Å². The number of benzene rings is 1. The molecule has 2 aromatic rings. The third-order valence-electron chi connectivity index (χ3n) is 5.56. The van der Waals surface area contributed by atoms with Crippen LogP contribution in [0.3, 0.4) is 0 Å². The van der Waals surface area contributed by atoms with Crippen molar-refractivity contribution in [3.8, 4) is 5.69 Å². The molecule has 1 aliphatic rings. The Balaban J connectivity index is 1.75. The van der Waals surface area contributed by atoms with E-state index in [1.54, 1.807) is 0 Å². The first-order valence-corrected chi connectivity index (χ1v) is 10.5. The average molecular weight is 398 g/mol. The van der Waals surface area contributed by atoms with Crippen LogP contribution in [0.2, 0.25) is 0 Å². The molecular weight excluding hydrogens is 366 g/mol. The standard InChI is InChI=1S/C23H31N3O3/c1-5-14-25(15-18-6-7-18)23(28)19-8-10-20(11-9-19)26-17(3)21(16(2)24-26)12-13-22(27)29-4/h8-11,18H,5-7,12-15H2,1-4H3. The van der Waals surface area contributed by atoms with Crippen LogP contribution < -0.4 is 0 Å². The fourth-order valence-electron chi connectivity index (χ4n) is 3.70. The summed E-state index contributed by atoms with van der Waals surface area (Å²) in [7, 11) is 1.40. The minimum atomic E-state index is -0.220. The van der Waals surface area contributed by atoms with Crippen LogP contribution in [0.4, 0.5) is 0 Å². The quantitative estimate of drug-likeness (QED) is 0.603. The number of rotatable bonds is 9. The Labute approximate surface area is 172 Å². The lowest BCUT2D eigenvalue weighted by molar-refractivity contribution is -0.140. The molecule has 1 aliphatic carbocycles. The largest absolute Gasteiger partial charge is 0.469 e. The number of ether oxygens (including phenoxy) is 1. The summed E-state index contributed by atoms with van der Waals surface area (Å²) in [5.41, 5.74) is 4.61. The fraction of sp³-hybridized carbons (Fsp3) is 0.522. The van der Waals surface area contributed by atoms with Crippen molar-refractivity contribution < 1.29 is 14.3 Å². The van der Waals surface area contributed by atoms with E-state index in [2.05, 4.69) is 12.0 Å². The van der Waals surface area contributed by atoms with Gasteiger partial charge >= 0.3 is 5.97 Å². The van der Waals surface area contributed by atoms with Crippen molar-refractivity contribution in [1.29, 1.82) is 0 Å². The summed E-state index contributed by atoms with van der Waals surface area (Å²) in [6.07, 6.45) is 4.39. The third kappa shape index (κ3) is 5.05. The molecule has 0 spiro atoms. The molecule has 3 rings (SSSR count). The number of carbonyl (C=O) groups excluding carboxylic acids is 2. The van der Waals surface area contributed by atoms with Crippen molar-refractivity contribution in [3.63, 3.8) is 0 Å².